The lowest BCUT2D eigenvalue weighted by atomic mass is 10.2. The monoisotopic (exact) mass is 426 g/mol. The smallest absolute Gasteiger partial charge is 0.266 e. The number of amides is 2. The number of hydrogen-bond donors (Lipinski definition) is 1. The average Bonchev–Trinajstić information content (AvgIpc) is 2.95. The number of thioether (sulfide) groups is 1. The Labute approximate surface area is 180 Å². The SMILES string of the molecule is CCCN1C(=O)/C(=C/c2ccc(OCC(=O)Nc3cccc(C)c3)cc2)SC1=S. The number of anilines is 1. The van der Waals surface area contributed by atoms with Gasteiger partial charge in [0.15, 0.2) is 6.61 Å². The summed E-state index contributed by atoms with van der Waals surface area (Å²) in [7, 11) is 0. The summed E-state index contributed by atoms with van der Waals surface area (Å²) in [6.45, 7) is 4.54. The molecule has 0 saturated carbocycles. The van der Waals surface area contributed by atoms with Gasteiger partial charge in [-0.05, 0) is 54.8 Å². The van der Waals surface area contributed by atoms with E-state index in [1.807, 2.05) is 56.3 Å². The molecule has 0 spiro atoms. The summed E-state index contributed by atoms with van der Waals surface area (Å²) in [4.78, 5) is 26.7. The summed E-state index contributed by atoms with van der Waals surface area (Å²) in [5.74, 6) is 0.314. The maximum absolute atomic E-state index is 12.4. The lowest BCUT2D eigenvalue weighted by Crippen LogP contribution is -2.28. The van der Waals surface area contributed by atoms with Crippen molar-refractivity contribution in [3.63, 3.8) is 0 Å². The molecule has 3 rings (SSSR count). The molecule has 1 heterocycles. The van der Waals surface area contributed by atoms with E-state index in [0.29, 0.717) is 21.5 Å². The van der Waals surface area contributed by atoms with Crippen LogP contribution >= 0.6 is 24.0 Å². The van der Waals surface area contributed by atoms with Gasteiger partial charge in [0, 0.05) is 12.2 Å². The second-order valence-electron chi connectivity index (χ2n) is 6.61. The number of nitrogens with one attached hydrogen (secondary N) is 1. The standard InChI is InChI=1S/C22H22N2O3S2/c1-3-11-24-21(26)19(29-22(24)28)13-16-7-9-18(10-8-16)27-14-20(25)23-17-6-4-5-15(2)12-17/h4-10,12-13H,3,11,14H2,1-2H3,(H,23,25)/b19-13-. The van der Waals surface area contributed by atoms with Crippen molar-refractivity contribution in [1.82, 2.24) is 4.90 Å². The van der Waals surface area contributed by atoms with Crippen LogP contribution in [-0.2, 0) is 9.59 Å². The highest BCUT2D eigenvalue weighted by molar-refractivity contribution is 8.26. The Kier molecular flexibility index (Phi) is 7.06. The van der Waals surface area contributed by atoms with Gasteiger partial charge in [0.05, 0.1) is 4.91 Å². The van der Waals surface area contributed by atoms with E-state index in [1.165, 1.54) is 11.8 Å². The van der Waals surface area contributed by atoms with Crippen molar-refractivity contribution < 1.29 is 14.3 Å². The van der Waals surface area contributed by atoms with Crippen LogP contribution in [0.25, 0.3) is 6.08 Å². The summed E-state index contributed by atoms with van der Waals surface area (Å²) < 4.78 is 6.15. The molecule has 150 valence electrons. The highest BCUT2D eigenvalue weighted by atomic mass is 32.2. The second kappa shape index (κ2) is 9.71. The molecule has 1 saturated heterocycles. The van der Waals surface area contributed by atoms with Gasteiger partial charge in [-0.15, -0.1) is 0 Å². The number of ether oxygens (including phenoxy) is 1. The Morgan fingerprint density at radius 2 is 2.00 bits per heavy atom. The zero-order valence-electron chi connectivity index (χ0n) is 16.3. The maximum atomic E-state index is 12.4. The first-order valence-electron chi connectivity index (χ1n) is 9.31. The summed E-state index contributed by atoms with van der Waals surface area (Å²) >= 11 is 6.60. The van der Waals surface area contributed by atoms with E-state index in [-0.39, 0.29) is 18.4 Å². The van der Waals surface area contributed by atoms with Gasteiger partial charge in [-0.3, -0.25) is 14.5 Å². The van der Waals surface area contributed by atoms with E-state index in [1.54, 1.807) is 17.0 Å². The van der Waals surface area contributed by atoms with E-state index in [0.717, 1.165) is 23.2 Å². The summed E-state index contributed by atoms with van der Waals surface area (Å²) in [5, 5.41) is 2.81. The molecule has 0 atom stereocenters. The van der Waals surface area contributed by atoms with Crippen LogP contribution in [0.1, 0.15) is 24.5 Å². The third-order valence-corrected chi connectivity index (χ3v) is 5.55. The zero-order chi connectivity index (χ0) is 20.8. The molecule has 0 bridgehead atoms. The lowest BCUT2D eigenvalue weighted by molar-refractivity contribution is -0.122. The van der Waals surface area contributed by atoms with Crippen molar-refractivity contribution >= 4 is 51.9 Å². The fourth-order valence-corrected chi connectivity index (χ4v) is 4.11. The zero-order valence-corrected chi connectivity index (χ0v) is 17.9. The van der Waals surface area contributed by atoms with Crippen molar-refractivity contribution in [2.45, 2.75) is 20.3 Å². The average molecular weight is 427 g/mol. The van der Waals surface area contributed by atoms with E-state index in [2.05, 4.69) is 5.32 Å². The largest absolute Gasteiger partial charge is 0.484 e. The van der Waals surface area contributed by atoms with E-state index in [4.69, 9.17) is 17.0 Å². The highest BCUT2D eigenvalue weighted by Gasteiger charge is 2.31. The van der Waals surface area contributed by atoms with Crippen LogP contribution in [0, 0.1) is 6.92 Å². The number of nitrogens with zero attached hydrogens (tertiary/aromatic N) is 1. The summed E-state index contributed by atoms with van der Waals surface area (Å²) in [6.07, 6.45) is 2.69. The Morgan fingerprint density at radius 3 is 2.69 bits per heavy atom. The van der Waals surface area contributed by atoms with Gasteiger partial charge in [0.25, 0.3) is 11.8 Å². The second-order valence-corrected chi connectivity index (χ2v) is 8.28. The molecule has 5 nitrogen and oxygen atoms in total. The fraction of sp³-hybridized carbons (Fsp3) is 0.227. The number of hydrogen-bond acceptors (Lipinski definition) is 5. The van der Waals surface area contributed by atoms with Crippen molar-refractivity contribution in [3.8, 4) is 5.75 Å². The van der Waals surface area contributed by atoms with Gasteiger partial charge < -0.3 is 10.1 Å². The first-order valence-corrected chi connectivity index (χ1v) is 10.5. The van der Waals surface area contributed by atoms with Crippen LogP contribution in [0.5, 0.6) is 5.75 Å². The number of carbonyl (C=O) groups excluding carboxylic acids is 2. The van der Waals surface area contributed by atoms with E-state index in [9.17, 15) is 9.59 Å². The van der Waals surface area contributed by atoms with Gasteiger partial charge in [-0.2, -0.15) is 0 Å². The molecule has 0 radical (unpaired) electrons. The minimum atomic E-state index is -0.223. The van der Waals surface area contributed by atoms with Crippen LogP contribution in [-0.4, -0.2) is 34.2 Å². The van der Waals surface area contributed by atoms with E-state index >= 15 is 0 Å². The molecule has 7 heteroatoms. The molecule has 29 heavy (non-hydrogen) atoms. The van der Waals surface area contributed by atoms with E-state index < -0.39 is 0 Å². The molecule has 1 fully saturated rings. The number of aryl methyl sites for hydroxylation is 1. The van der Waals surface area contributed by atoms with Gasteiger partial charge in [-0.25, -0.2) is 0 Å². The lowest BCUT2D eigenvalue weighted by Gasteiger charge is -2.11. The molecular formula is C22H22N2O3S2. The number of thiocarbonyl (C=S) groups is 1. The van der Waals surface area contributed by atoms with Gasteiger partial charge >= 0.3 is 0 Å². The Hall–Kier alpha value is -2.64. The third kappa shape index (κ3) is 5.68. The molecule has 2 amide bonds. The predicted molar refractivity (Wildman–Crippen MR) is 122 cm³/mol. The van der Waals surface area contributed by atoms with Gasteiger partial charge in [0.2, 0.25) is 0 Å². The first kappa shape index (κ1) is 21.1. The molecule has 0 aliphatic carbocycles. The molecule has 0 unspecified atom stereocenters. The van der Waals surface area contributed by atoms with Crippen LogP contribution in [0.15, 0.2) is 53.4 Å². The Bertz CT molecular complexity index is 955. The van der Waals surface area contributed by atoms with Crippen LogP contribution in [0.4, 0.5) is 5.69 Å². The molecular weight excluding hydrogens is 404 g/mol. The Morgan fingerprint density at radius 1 is 1.24 bits per heavy atom. The Balaban J connectivity index is 1.56. The predicted octanol–water partition coefficient (Wildman–Crippen LogP) is 4.62. The van der Waals surface area contributed by atoms with Gasteiger partial charge in [0.1, 0.15) is 10.1 Å². The van der Waals surface area contributed by atoms with Crippen LogP contribution in [0.2, 0.25) is 0 Å². The summed E-state index contributed by atoms with van der Waals surface area (Å²) in [6, 6.07) is 14.8. The fourth-order valence-electron chi connectivity index (χ4n) is 2.80. The molecule has 1 aliphatic rings. The van der Waals surface area contributed by atoms with Crippen LogP contribution < -0.4 is 10.1 Å². The quantitative estimate of drug-likeness (QED) is 0.517. The molecule has 0 aromatic heterocycles. The normalized spacial score (nSPS) is 15.1. The number of benzene rings is 2. The first-order chi connectivity index (χ1) is 14.0. The molecule has 2 aromatic carbocycles. The molecule has 2 aromatic rings. The van der Waals surface area contributed by atoms with Crippen molar-refractivity contribution in [2.75, 3.05) is 18.5 Å². The maximum Gasteiger partial charge on any atom is 0.266 e. The van der Waals surface area contributed by atoms with Crippen LogP contribution in [0.3, 0.4) is 0 Å². The minimum Gasteiger partial charge on any atom is -0.484 e. The third-order valence-electron chi connectivity index (χ3n) is 4.17. The topological polar surface area (TPSA) is 58.6 Å². The summed E-state index contributed by atoms with van der Waals surface area (Å²) in [5.41, 5.74) is 2.69. The van der Waals surface area contributed by atoms with Crippen molar-refractivity contribution in [2.24, 2.45) is 0 Å². The van der Waals surface area contributed by atoms with Crippen molar-refractivity contribution in [1.29, 1.82) is 0 Å². The number of rotatable bonds is 7. The minimum absolute atomic E-state index is 0.0463. The van der Waals surface area contributed by atoms with Crippen molar-refractivity contribution in [3.05, 3.63) is 64.6 Å². The van der Waals surface area contributed by atoms with Gasteiger partial charge in [-0.1, -0.05) is 55.2 Å². The highest BCUT2D eigenvalue weighted by Crippen LogP contribution is 2.32. The number of carbonyl (C=O) groups is 2. The molecule has 1 aliphatic heterocycles. The molecule has 1 N–H and O–H groups in total.